The number of fused-ring (bicyclic) bond motifs is 1. The highest BCUT2D eigenvalue weighted by Crippen LogP contribution is 2.41. The molecule has 0 radical (unpaired) electrons. The number of benzene rings is 2. The number of nitrogens with zero attached hydrogens (tertiary/aromatic N) is 4. The van der Waals surface area contributed by atoms with Gasteiger partial charge in [-0.25, -0.2) is 14.6 Å². The quantitative estimate of drug-likeness (QED) is 0.102. The maximum Gasteiger partial charge on any atom is 0.306 e. The summed E-state index contributed by atoms with van der Waals surface area (Å²) in [6.45, 7) is 2.74. The molecule has 0 bridgehead atoms. The number of hydrogen-bond donors (Lipinski definition) is 4. The first-order chi connectivity index (χ1) is 25.3. The van der Waals surface area contributed by atoms with Gasteiger partial charge in [-0.2, -0.15) is 0 Å². The van der Waals surface area contributed by atoms with Gasteiger partial charge in [0.25, 0.3) is 0 Å². The van der Waals surface area contributed by atoms with Crippen molar-refractivity contribution in [2.75, 3.05) is 20.2 Å². The molecular weight excluding hydrogens is 701 g/mol. The minimum atomic E-state index is -0.674. The van der Waals surface area contributed by atoms with Crippen molar-refractivity contribution in [3.8, 4) is 34.0 Å². The van der Waals surface area contributed by atoms with Crippen LogP contribution in [0.2, 0.25) is 10.0 Å². The van der Waals surface area contributed by atoms with Crippen LogP contribution in [0.1, 0.15) is 49.7 Å². The molecule has 5 aromatic rings. The topological polar surface area (TPSA) is 143 Å². The molecule has 1 saturated heterocycles. The van der Waals surface area contributed by atoms with Crippen LogP contribution in [0, 0.1) is 11.8 Å². The number of ether oxygens (including phenoxy) is 1. The largest absolute Gasteiger partial charge is 0.481 e. The summed E-state index contributed by atoms with van der Waals surface area (Å²) in [7, 11) is 1.60. The van der Waals surface area contributed by atoms with E-state index in [0.29, 0.717) is 64.9 Å². The fourth-order valence-corrected chi connectivity index (χ4v) is 7.84. The van der Waals surface area contributed by atoms with Crippen molar-refractivity contribution in [2.45, 2.75) is 57.7 Å². The Labute approximate surface area is 312 Å². The number of carboxylic acid groups (broad SMARTS) is 1. The fraction of sp³-hybridized carbons (Fsp3) is 0.359. The zero-order valence-corrected chi connectivity index (χ0v) is 30.4. The highest BCUT2D eigenvalue weighted by Gasteiger charge is 2.26. The molecule has 13 heteroatoms. The van der Waals surface area contributed by atoms with Gasteiger partial charge in [0.05, 0.1) is 34.5 Å². The Bertz CT molecular complexity index is 2100. The fourth-order valence-electron chi connectivity index (χ4n) is 7.20. The van der Waals surface area contributed by atoms with Crippen LogP contribution in [0.3, 0.4) is 0 Å². The minimum absolute atomic E-state index is 0.0973. The number of rotatable bonds is 13. The number of amides is 1. The van der Waals surface area contributed by atoms with Crippen molar-refractivity contribution in [3.63, 3.8) is 0 Å². The Morgan fingerprint density at radius 1 is 0.962 bits per heavy atom. The summed E-state index contributed by atoms with van der Waals surface area (Å²) in [6.07, 6.45) is 8.54. The van der Waals surface area contributed by atoms with Gasteiger partial charge in [0.1, 0.15) is 0 Å². The second kappa shape index (κ2) is 16.0. The summed E-state index contributed by atoms with van der Waals surface area (Å²) in [5.74, 6) is 0.216. The minimum Gasteiger partial charge on any atom is -0.481 e. The van der Waals surface area contributed by atoms with E-state index >= 15 is 0 Å². The third-order valence-corrected chi connectivity index (χ3v) is 10.9. The van der Waals surface area contributed by atoms with E-state index in [4.69, 9.17) is 38.0 Å². The second-order valence-electron chi connectivity index (χ2n) is 13.6. The predicted molar refractivity (Wildman–Crippen MR) is 202 cm³/mol. The molecule has 7 rings (SSSR count). The molecule has 4 N–H and O–H groups in total. The lowest BCUT2D eigenvalue weighted by molar-refractivity contribution is -0.143. The first-order valence-corrected chi connectivity index (χ1v) is 18.4. The van der Waals surface area contributed by atoms with E-state index in [1.54, 1.807) is 11.8 Å². The van der Waals surface area contributed by atoms with Gasteiger partial charge in [-0.3, -0.25) is 9.59 Å². The van der Waals surface area contributed by atoms with Crippen molar-refractivity contribution in [1.29, 1.82) is 0 Å². The average Bonchev–Trinajstić information content (AvgIpc) is 3.77. The van der Waals surface area contributed by atoms with Crippen LogP contribution in [-0.2, 0) is 22.7 Å². The van der Waals surface area contributed by atoms with Gasteiger partial charge < -0.3 is 25.8 Å². The van der Waals surface area contributed by atoms with Gasteiger partial charge in [0.2, 0.25) is 11.8 Å². The summed E-state index contributed by atoms with van der Waals surface area (Å²) in [6, 6.07) is 17.7. The summed E-state index contributed by atoms with van der Waals surface area (Å²) >= 11 is 14.2. The van der Waals surface area contributed by atoms with E-state index in [2.05, 4.69) is 27.0 Å². The van der Waals surface area contributed by atoms with Gasteiger partial charge in [-0.05, 0) is 68.3 Å². The molecule has 0 spiro atoms. The molecule has 1 atom stereocenters. The smallest absolute Gasteiger partial charge is 0.306 e. The lowest BCUT2D eigenvalue weighted by Crippen LogP contribution is -2.35. The Balaban J connectivity index is 1.05. The molecule has 11 nitrogen and oxygen atoms in total. The van der Waals surface area contributed by atoms with E-state index in [-0.39, 0.29) is 17.9 Å². The second-order valence-corrected chi connectivity index (χ2v) is 14.4. The number of nitrogens with one attached hydrogen (secondary N) is 3. The van der Waals surface area contributed by atoms with Crippen molar-refractivity contribution in [1.82, 2.24) is 35.7 Å². The molecule has 0 unspecified atom stereocenters. The first kappa shape index (κ1) is 35.8. The monoisotopic (exact) mass is 741 g/mol. The molecule has 1 saturated carbocycles. The van der Waals surface area contributed by atoms with Crippen LogP contribution in [0.25, 0.3) is 39.1 Å². The SMILES string of the molecule is COc1nc(-c2cccc(-c3cccc(-n4cc5cc(CNCC6CCC(C(=O)O)CC6)cnc5n4)c3Cl)c2Cl)ccc1CNC[C@@H]1CCC(=O)N1. The third-order valence-electron chi connectivity index (χ3n) is 10.1. The predicted octanol–water partition coefficient (Wildman–Crippen LogP) is 6.81. The van der Waals surface area contributed by atoms with Gasteiger partial charge >= 0.3 is 5.97 Å². The lowest BCUT2D eigenvalue weighted by atomic mass is 9.82. The molecule has 1 aliphatic heterocycles. The van der Waals surface area contributed by atoms with Crippen molar-refractivity contribution in [3.05, 3.63) is 88.2 Å². The Kier molecular flexibility index (Phi) is 11.0. The zero-order chi connectivity index (χ0) is 36.2. The standard InChI is InChI=1S/C39H41Cl2N7O4/c1-52-38-26(20-43-21-28-13-15-34(49)45-28)12-14-32(46-38)31-6-2-4-29(35(31)40)30-5-3-7-33(36(30)41)48-22-27-16-24(19-44-37(27)47-48)18-42-17-23-8-10-25(11-9-23)39(50)51/h2-7,12,14,16,19,22-23,25,28,42-43H,8-11,13,15,17-18,20-21H2,1H3,(H,45,49)(H,50,51)/t23?,25?,28-/m0/s1. The molecule has 270 valence electrons. The highest BCUT2D eigenvalue weighted by molar-refractivity contribution is 6.39. The molecule has 2 aromatic carbocycles. The maximum absolute atomic E-state index is 11.5. The number of carboxylic acids is 1. The Morgan fingerprint density at radius 2 is 1.71 bits per heavy atom. The number of carbonyl (C=O) groups is 2. The lowest BCUT2D eigenvalue weighted by Gasteiger charge is -2.26. The van der Waals surface area contributed by atoms with Crippen LogP contribution in [0.15, 0.2) is 67.0 Å². The van der Waals surface area contributed by atoms with E-state index in [0.717, 1.165) is 71.9 Å². The van der Waals surface area contributed by atoms with Crippen LogP contribution in [-0.4, -0.2) is 63.0 Å². The molecule has 1 aliphatic carbocycles. The third kappa shape index (κ3) is 7.92. The summed E-state index contributed by atoms with van der Waals surface area (Å²) in [5, 5.41) is 25.8. The van der Waals surface area contributed by atoms with E-state index in [1.165, 1.54) is 0 Å². The zero-order valence-electron chi connectivity index (χ0n) is 28.9. The Hall–Kier alpha value is -4.55. The highest BCUT2D eigenvalue weighted by atomic mass is 35.5. The number of aliphatic carboxylic acids is 1. The number of carbonyl (C=O) groups excluding carboxylic acids is 1. The number of methoxy groups -OCH3 is 1. The normalized spacial score (nSPS) is 18.8. The van der Waals surface area contributed by atoms with Crippen LogP contribution in [0.4, 0.5) is 0 Å². The van der Waals surface area contributed by atoms with E-state index in [9.17, 15) is 14.7 Å². The Morgan fingerprint density at radius 3 is 2.46 bits per heavy atom. The van der Waals surface area contributed by atoms with Crippen molar-refractivity contribution < 1.29 is 19.4 Å². The average molecular weight is 743 g/mol. The van der Waals surface area contributed by atoms with Crippen LogP contribution >= 0.6 is 23.2 Å². The van der Waals surface area contributed by atoms with Crippen LogP contribution < -0.4 is 20.7 Å². The molecule has 1 amide bonds. The number of pyridine rings is 2. The number of aromatic nitrogens is 4. The molecule has 2 aliphatic rings. The van der Waals surface area contributed by atoms with Gasteiger partial charge in [-0.1, -0.05) is 59.6 Å². The van der Waals surface area contributed by atoms with Gasteiger partial charge in [0, 0.05) is 72.1 Å². The molecule has 3 aromatic heterocycles. The van der Waals surface area contributed by atoms with Crippen molar-refractivity contribution in [2.24, 2.45) is 11.8 Å². The van der Waals surface area contributed by atoms with E-state index in [1.807, 2.05) is 60.9 Å². The van der Waals surface area contributed by atoms with Gasteiger partial charge in [0.15, 0.2) is 5.65 Å². The maximum atomic E-state index is 11.5. The number of halogens is 2. The first-order valence-electron chi connectivity index (χ1n) is 17.7. The van der Waals surface area contributed by atoms with E-state index < -0.39 is 5.97 Å². The number of hydrogen-bond acceptors (Lipinski definition) is 8. The summed E-state index contributed by atoms with van der Waals surface area (Å²) < 4.78 is 7.40. The summed E-state index contributed by atoms with van der Waals surface area (Å²) in [4.78, 5) is 32.2. The molecule has 52 heavy (non-hydrogen) atoms. The van der Waals surface area contributed by atoms with Crippen LogP contribution in [0.5, 0.6) is 5.88 Å². The molecule has 2 fully saturated rings. The molecule has 4 heterocycles. The van der Waals surface area contributed by atoms with Crippen molar-refractivity contribution >= 4 is 46.1 Å². The van der Waals surface area contributed by atoms with Gasteiger partial charge in [-0.15, -0.1) is 5.10 Å². The summed E-state index contributed by atoms with van der Waals surface area (Å²) in [5.41, 5.74) is 6.19. The molecular formula is C39H41Cl2N7O4.